The largest absolute Gasteiger partial charge is 0.493 e. The van der Waals surface area contributed by atoms with Crippen LogP contribution >= 0.6 is 11.6 Å². The number of nitrogens with one attached hydrogen (secondary N) is 1. The zero-order chi connectivity index (χ0) is 23.3. The van der Waals surface area contributed by atoms with Crippen molar-refractivity contribution in [3.05, 3.63) is 46.5 Å². The van der Waals surface area contributed by atoms with Crippen molar-refractivity contribution in [1.82, 2.24) is 0 Å². The second kappa shape index (κ2) is 9.78. The molecular formula is C20H19ClF3NO6. The van der Waals surface area contributed by atoms with Gasteiger partial charge in [0.15, 0.2) is 17.6 Å². The highest BCUT2D eigenvalue weighted by Gasteiger charge is 2.31. The molecule has 0 heterocycles. The summed E-state index contributed by atoms with van der Waals surface area (Å²) in [6, 6.07) is 5.14. The molecule has 0 saturated carbocycles. The number of carbonyl (C=O) groups excluding carboxylic acids is 2. The molecular weight excluding hydrogens is 443 g/mol. The van der Waals surface area contributed by atoms with Gasteiger partial charge in [-0.15, -0.1) is 0 Å². The number of carbonyl (C=O) groups is 2. The molecule has 1 atom stereocenters. The zero-order valence-corrected chi connectivity index (χ0v) is 17.7. The van der Waals surface area contributed by atoms with Gasteiger partial charge in [-0.25, -0.2) is 4.79 Å². The molecule has 31 heavy (non-hydrogen) atoms. The SMILES string of the molecule is COc1cc(C(=O)OC(C)C(=O)Nc2cc(C(F)(F)F)ccc2Cl)cc(OC)c1OC. The van der Waals surface area contributed by atoms with Gasteiger partial charge in [-0.1, -0.05) is 11.6 Å². The standard InChI is InChI=1S/C20H19ClF3NO6/c1-10(18(26)25-14-9-12(20(22,23)24)5-6-13(14)21)31-19(27)11-7-15(28-2)17(30-4)16(8-11)29-3/h5-10H,1-4H3,(H,25,26). The first-order chi connectivity index (χ1) is 14.5. The summed E-state index contributed by atoms with van der Waals surface area (Å²) in [5.41, 5.74) is -1.25. The van der Waals surface area contributed by atoms with Crippen molar-refractivity contribution in [3.63, 3.8) is 0 Å². The van der Waals surface area contributed by atoms with E-state index in [1.807, 2.05) is 0 Å². The van der Waals surface area contributed by atoms with E-state index in [-0.39, 0.29) is 33.5 Å². The third-order valence-electron chi connectivity index (χ3n) is 4.11. The summed E-state index contributed by atoms with van der Waals surface area (Å²) in [5.74, 6) is -1.12. The summed E-state index contributed by atoms with van der Waals surface area (Å²) in [5, 5.41) is 2.12. The Labute approximate surface area is 181 Å². The predicted octanol–water partition coefficient (Wildman–Crippen LogP) is 4.57. The van der Waals surface area contributed by atoms with E-state index in [1.54, 1.807) is 0 Å². The van der Waals surface area contributed by atoms with Crippen LogP contribution in [0.1, 0.15) is 22.8 Å². The van der Waals surface area contributed by atoms with E-state index in [2.05, 4.69) is 5.32 Å². The van der Waals surface area contributed by atoms with Crippen LogP contribution in [0.5, 0.6) is 17.2 Å². The molecule has 0 bridgehead atoms. The van der Waals surface area contributed by atoms with Gasteiger partial charge in [0, 0.05) is 0 Å². The van der Waals surface area contributed by atoms with Crippen molar-refractivity contribution >= 4 is 29.2 Å². The molecule has 1 unspecified atom stereocenters. The molecule has 1 N–H and O–H groups in total. The van der Waals surface area contributed by atoms with Crippen LogP contribution in [0, 0.1) is 0 Å². The third-order valence-corrected chi connectivity index (χ3v) is 4.43. The van der Waals surface area contributed by atoms with Crippen molar-refractivity contribution < 1.29 is 41.7 Å². The highest BCUT2D eigenvalue weighted by molar-refractivity contribution is 6.33. The number of alkyl halides is 3. The second-order valence-electron chi connectivity index (χ2n) is 6.14. The Hall–Kier alpha value is -3.14. The molecule has 0 radical (unpaired) electrons. The lowest BCUT2D eigenvalue weighted by Gasteiger charge is -2.17. The van der Waals surface area contributed by atoms with Gasteiger partial charge >= 0.3 is 12.1 Å². The van der Waals surface area contributed by atoms with Crippen molar-refractivity contribution in [2.75, 3.05) is 26.6 Å². The average Bonchev–Trinajstić information content (AvgIpc) is 2.72. The number of anilines is 1. The molecule has 0 saturated heterocycles. The van der Waals surface area contributed by atoms with Gasteiger partial charge in [0.25, 0.3) is 5.91 Å². The van der Waals surface area contributed by atoms with Crippen LogP contribution in [0.4, 0.5) is 18.9 Å². The van der Waals surface area contributed by atoms with E-state index in [0.717, 1.165) is 12.1 Å². The number of hydrogen-bond acceptors (Lipinski definition) is 6. The Morgan fingerprint density at radius 1 is 1.00 bits per heavy atom. The van der Waals surface area contributed by atoms with Gasteiger partial charge in [0.2, 0.25) is 5.75 Å². The third kappa shape index (κ3) is 5.72. The van der Waals surface area contributed by atoms with E-state index < -0.39 is 29.7 Å². The molecule has 0 aliphatic heterocycles. The van der Waals surface area contributed by atoms with E-state index in [1.165, 1.54) is 40.4 Å². The number of esters is 1. The number of methoxy groups -OCH3 is 3. The fourth-order valence-corrected chi connectivity index (χ4v) is 2.68. The first-order valence-electron chi connectivity index (χ1n) is 8.70. The fraction of sp³-hybridized carbons (Fsp3) is 0.300. The van der Waals surface area contributed by atoms with Crippen LogP contribution in [0.15, 0.2) is 30.3 Å². The normalized spacial score (nSPS) is 12.0. The summed E-state index contributed by atoms with van der Waals surface area (Å²) in [6.45, 7) is 1.26. The number of ether oxygens (including phenoxy) is 4. The topological polar surface area (TPSA) is 83.1 Å². The fourth-order valence-electron chi connectivity index (χ4n) is 2.51. The molecule has 0 fully saturated rings. The monoisotopic (exact) mass is 461 g/mol. The van der Waals surface area contributed by atoms with E-state index in [9.17, 15) is 22.8 Å². The summed E-state index contributed by atoms with van der Waals surface area (Å²) in [4.78, 5) is 24.8. The maximum absolute atomic E-state index is 12.9. The summed E-state index contributed by atoms with van der Waals surface area (Å²) in [7, 11) is 4.12. The molecule has 2 aromatic rings. The summed E-state index contributed by atoms with van der Waals surface area (Å²) >= 11 is 5.86. The molecule has 0 aliphatic rings. The van der Waals surface area contributed by atoms with Crippen molar-refractivity contribution in [3.8, 4) is 17.2 Å². The van der Waals surface area contributed by atoms with Crippen molar-refractivity contribution in [2.45, 2.75) is 19.2 Å². The smallest absolute Gasteiger partial charge is 0.416 e. The first-order valence-corrected chi connectivity index (χ1v) is 9.08. The van der Waals surface area contributed by atoms with Crippen LogP contribution in [0.3, 0.4) is 0 Å². The zero-order valence-electron chi connectivity index (χ0n) is 16.9. The van der Waals surface area contributed by atoms with E-state index >= 15 is 0 Å². The quantitative estimate of drug-likeness (QED) is 0.608. The van der Waals surface area contributed by atoms with Crippen LogP contribution < -0.4 is 19.5 Å². The summed E-state index contributed by atoms with van der Waals surface area (Å²) < 4.78 is 59.2. The Kier molecular flexibility index (Phi) is 7.61. The van der Waals surface area contributed by atoms with Gasteiger partial charge < -0.3 is 24.3 Å². The molecule has 0 aromatic heterocycles. The van der Waals surface area contributed by atoms with Crippen LogP contribution in [-0.2, 0) is 15.7 Å². The Morgan fingerprint density at radius 3 is 2.06 bits per heavy atom. The molecule has 11 heteroatoms. The van der Waals surface area contributed by atoms with Crippen molar-refractivity contribution in [1.29, 1.82) is 0 Å². The highest BCUT2D eigenvalue weighted by atomic mass is 35.5. The lowest BCUT2D eigenvalue weighted by Crippen LogP contribution is -2.30. The van der Waals surface area contributed by atoms with Crippen LogP contribution in [-0.4, -0.2) is 39.3 Å². The van der Waals surface area contributed by atoms with Gasteiger partial charge in [0.05, 0.1) is 43.2 Å². The number of benzene rings is 2. The van der Waals surface area contributed by atoms with Crippen LogP contribution in [0.25, 0.3) is 0 Å². The summed E-state index contributed by atoms with van der Waals surface area (Å²) in [6.07, 6.45) is -5.97. The molecule has 0 aliphatic carbocycles. The molecule has 168 valence electrons. The molecule has 2 rings (SSSR count). The van der Waals surface area contributed by atoms with Gasteiger partial charge in [-0.3, -0.25) is 4.79 Å². The van der Waals surface area contributed by atoms with E-state index in [0.29, 0.717) is 6.07 Å². The minimum Gasteiger partial charge on any atom is -0.493 e. The van der Waals surface area contributed by atoms with Gasteiger partial charge in [-0.05, 0) is 37.3 Å². The number of halogens is 4. The number of hydrogen-bond donors (Lipinski definition) is 1. The Bertz CT molecular complexity index is 955. The lowest BCUT2D eigenvalue weighted by molar-refractivity contribution is -0.137. The number of amides is 1. The molecule has 2 aromatic carbocycles. The lowest BCUT2D eigenvalue weighted by atomic mass is 10.1. The Morgan fingerprint density at radius 2 is 1.58 bits per heavy atom. The minimum absolute atomic E-state index is 0.00579. The number of rotatable bonds is 7. The second-order valence-corrected chi connectivity index (χ2v) is 6.55. The van der Waals surface area contributed by atoms with Crippen molar-refractivity contribution in [2.24, 2.45) is 0 Å². The Balaban J connectivity index is 2.18. The van der Waals surface area contributed by atoms with E-state index in [4.69, 9.17) is 30.5 Å². The van der Waals surface area contributed by atoms with Gasteiger partial charge in [-0.2, -0.15) is 13.2 Å². The first kappa shape index (κ1) is 24.1. The van der Waals surface area contributed by atoms with Crippen LogP contribution in [0.2, 0.25) is 5.02 Å². The average molecular weight is 462 g/mol. The maximum atomic E-state index is 12.9. The molecule has 7 nitrogen and oxygen atoms in total. The maximum Gasteiger partial charge on any atom is 0.416 e. The molecule has 0 spiro atoms. The minimum atomic E-state index is -4.62. The van der Waals surface area contributed by atoms with Gasteiger partial charge in [0.1, 0.15) is 0 Å². The predicted molar refractivity (Wildman–Crippen MR) is 106 cm³/mol. The highest BCUT2D eigenvalue weighted by Crippen LogP contribution is 2.38. The molecule has 1 amide bonds.